The van der Waals surface area contributed by atoms with Crippen molar-refractivity contribution in [3.8, 4) is 5.75 Å². The molecule has 4 heteroatoms. The van der Waals surface area contributed by atoms with Crippen molar-refractivity contribution in [3.05, 3.63) is 28.3 Å². The number of aryl methyl sites for hydroxylation is 2. The summed E-state index contributed by atoms with van der Waals surface area (Å²) < 4.78 is 11.3. The number of benzene rings is 1. The Balaban J connectivity index is 0.00000123. The van der Waals surface area contributed by atoms with E-state index in [1.54, 1.807) is 0 Å². The van der Waals surface area contributed by atoms with Crippen LogP contribution in [0.2, 0.25) is 0 Å². The normalized spacial score (nSPS) is 18.3. The molecule has 138 valence electrons. The third-order valence-electron chi connectivity index (χ3n) is 3.86. The van der Waals surface area contributed by atoms with Crippen LogP contribution < -0.4 is 4.74 Å². The minimum absolute atomic E-state index is 0.421. The van der Waals surface area contributed by atoms with E-state index >= 15 is 0 Å². The Hall–Kier alpha value is -1.55. The summed E-state index contributed by atoms with van der Waals surface area (Å²) in [6.07, 6.45) is 4.36. The van der Waals surface area contributed by atoms with Crippen LogP contribution in [0.4, 0.5) is 0 Å². The minimum atomic E-state index is 0.421. The number of epoxide rings is 1. The summed E-state index contributed by atoms with van der Waals surface area (Å²) in [4.78, 5) is 0. The van der Waals surface area contributed by atoms with Gasteiger partial charge in [-0.25, -0.2) is 0 Å². The Morgan fingerprint density at radius 1 is 1.17 bits per heavy atom. The maximum absolute atomic E-state index is 8.75. The van der Waals surface area contributed by atoms with Gasteiger partial charge in [0.15, 0.2) is 0 Å². The second kappa shape index (κ2) is 11.9. The molecule has 0 amide bonds. The van der Waals surface area contributed by atoms with Crippen LogP contribution in [-0.4, -0.2) is 30.2 Å². The summed E-state index contributed by atoms with van der Waals surface area (Å²) >= 11 is 0. The van der Waals surface area contributed by atoms with Crippen molar-refractivity contribution < 1.29 is 14.7 Å². The first-order chi connectivity index (χ1) is 11.5. The third kappa shape index (κ3) is 6.52. The molecule has 24 heavy (non-hydrogen) atoms. The average molecular weight is 338 g/mol. The van der Waals surface area contributed by atoms with Gasteiger partial charge in [-0.1, -0.05) is 38.9 Å². The third-order valence-corrected chi connectivity index (χ3v) is 3.86. The zero-order valence-corrected chi connectivity index (χ0v) is 16.6. The highest BCUT2D eigenvalue weighted by Crippen LogP contribution is 2.29. The van der Waals surface area contributed by atoms with Crippen LogP contribution in [0, 0.1) is 20.8 Å². The number of hydrogen-bond acceptors (Lipinski definition) is 4. The van der Waals surface area contributed by atoms with E-state index in [4.69, 9.17) is 14.7 Å². The number of nitrogens with zero attached hydrogens (tertiary/aromatic N) is 1. The van der Waals surface area contributed by atoms with Gasteiger partial charge < -0.3 is 14.7 Å². The molecule has 1 aromatic rings. The maximum Gasteiger partial charge on any atom is 0.125 e. The molecule has 1 fully saturated rings. The molecular formula is C20H35NO3. The van der Waals surface area contributed by atoms with Gasteiger partial charge in [0.1, 0.15) is 5.75 Å². The lowest BCUT2D eigenvalue weighted by atomic mass is 9.99. The molecule has 0 radical (unpaired) electrons. The molecule has 1 aliphatic heterocycles. The van der Waals surface area contributed by atoms with Crippen molar-refractivity contribution in [2.75, 3.05) is 6.61 Å². The summed E-state index contributed by atoms with van der Waals surface area (Å²) in [5.74, 6) is 0.898. The first-order valence-corrected chi connectivity index (χ1v) is 9.11. The standard InChI is InChI=1S/C16H23NO3.2C2H6/c1-10-8-11(2)16(12(3)14(10)9-17-18)19-7-5-6-15-13(4)20-15;2*1-2/h8-9,13,15,18H,5-7H2,1-4H3;2*1-2H3/b17-9+;;. The summed E-state index contributed by atoms with van der Waals surface area (Å²) in [6, 6.07) is 2.06. The highest BCUT2D eigenvalue weighted by Gasteiger charge is 2.33. The zero-order chi connectivity index (χ0) is 18.7. The zero-order valence-electron chi connectivity index (χ0n) is 16.6. The fourth-order valence-corrected chi connectivity index (χ4v) is 2.65. The molecule has 0 aromatic heterocycles. The quantitative estimate of drug-likeness (QED) is 0.248. The van der Waals surface area contributed by atoms with Crippen LogP contribution >= 0.6 is 0 Å². The van der Waals surface area contributed by atoms with Crippen molar-refractivity contribution in [3.63, 3.8) is 0 Å². The van der Waals surface area contributed by atoms with E-state index < -0.39 is 0 Å². The summed E-state index contributed by atoms with van der Waals surface area (Å²) in [5.41, 5.74) is 4.15. The van der Waals surface area contributed by atoms with E-state index in [9.17, 15) is 0 Å². The molecule has 0 bridgehead atoms. The molecule has 1 heterocycles. The van der Waals surface area contributed by atoms with Crippen LogP contribution in [0.5, 0.6) is 5.75 Å². The van der Waals surface area contributed by atoms with Crippen molar-refractivity contribution in [2.24, 2.45) is 5.16 Å². The lowest BCUT2D eigenvalue weighted by Crippen LogP contribution is -2.05. The van der Waals surface area contributed by atoms with Gasteiger partial charge in [-0.15, -0.1) is 0 Å². The molecule has 0 aliphatic carbocycles. The number of ether oxygens (including phenoxy) is 2. The predicted octanol–water partition coefficient (Wildman–Crippen LogP) is 5.42. The van der Waals surface area contributed by atoms with Crippen molar-refractivity contribution >= 4 is 6.21 Å². The largest absolute Gasteiger partial charge is 0.493 e. The molecule has 0 spiro atoms. The Labute approximate surface area is 147 Å². The molecule has 2 unspecified atom stereocenters. The number of hydrogen-bond donors (Lipinski definition) is 1. The summed E-state index contributed by atoms with van der Waals surface area (Å²) in [5, 5.41) is 11.9. The van der Waals surface area contributed by atoms with Crippen LogP contribution in [0.1, 0.15) is 69.7 Å². The van der Waals surface area contributed by atoms with Gasteiger partial charge in [-0.05, 0) is 51.7 Å². The molecule has 4 nitrogen and oxygen atoms in total. The Kier molecular flexibility index (Phi) is 11.1. The monoisotopic (exact) mass is 337 g/mol. The fraction of sp³-hybridized carbons (Fsp3) is 0.650. The van der Waals surface area contributed by atoms with Gasteiger partial charge in [-0.3, -0.25) is 0 Å². The van der Waals surface area contributed by atoms with Crippen LogP contribution in [0.3, 0.4) is 0 Å². The van der Waals surface area contributed by atoms with Gasteiger partial charge in [0.25, 0.3) is 0 Å². The first kappa shape index (κ1) is 22.4. The van der Waals surface area contributed by atoms with E-state index in [0.717, 1.165) is 40.8 Å². The van der Waals surface area contributed by atoms with E-state index in [1.807, 2.05) is 48.5 Å². The Bertz CT molecular complexity index is 512. The lowest BCUT2D eigenvalue weighted by molar-refractivity contribution is 0.289. The van der Waals surface area contributed by atoms with Crippen LogP contribution in [0.15, 0.2) is 11.2 Å². The van der Waals surface area contributed by atoms with Crippen LogP contribution in [-0.2, 0) is 4.74 Å². The highest BCUT2D eigenvalue weighted by molar-refractivity contribution is 5.84. The van der Waals surface area contributed by atoms with Gasteiger partial charge in [-0.2, -0.15) is 0 Å². The smallest absolute Gasteiger partial charge is 0.125 e. The second-order valence-electron chi connectivity index (χ2n) is 5.49. The average Bonchev–Trinajstić information content (AvgIpc) is 3.29. The molecular weight excluding hydrogens is 302 g/mol. The molecule has 2 rings (SSSR count). The molecule has 1 aliphatic rings. The van der Waals surface area contributed by atoms with Crippen molar-refractivity contribution in [2.45, 2.75) is 80.4 Å². The van der Waals surface area contributed by atoms with Crippen molar-refractivity contribution in [1.82, 2.24) is 0 Å². The van der Waals surface area contributed by atoms with Gasteiger partial charge in [0.05, 0.1) is 25.0 Å². The fourth-order valence-electron chi connectivity index (χ4n) is 2.65. The van der Waals surface area contributed by atoms with Gasteiger partial charge in [0, 0.05) is 11.1 Å². The van der Waals surface area contributed by atoms with Gasteiger partial charge in [0.2, 0.25) is 0 Å². The van der Waals surface area contributed by atoms with E-state index in [1.165, 1.54) is 6.21 Å². The minimum Gasteiger partial charge on any atom is -0.493 e. The predicted molar refractivity (Wildman–Crippen MR) is 102 cm³/mol. The Morgan fingerprint density at radius 2 is 1.75 bits per heavy atom. The Morgan fingerprint density at radius 3 is 2.25 bits per heavy atom. The van der Waals surface area contributed by atoms with Gasteiger partial charge >= 0.3 is 0 Å². The number of rotatable bonds is 6. The second-order valence-corrected chi connectivity index (χ2v) is 5.49. The summed E-state index contributed by atoms with van der Waals surface area (Å²) in [7, 11) is 0. The van der Waals surface area contributed by atoms with E-state index in [2.05, 4.69) is 18.1 Å². The first-order valence-electron chi connectivity index (χ1n) is 9.11. The molecule has 1 N–H and O–H groups in total. The lowest BCUT2D eigenvalue weighted by Gasteiger charge is -2.15. The molecule has 1 aromatic carbocycles. The number of oxime groups is 1. The molecule has 1 saturated heterocycles. The van der Waals surface area contributed by atoms with Crippen LogP contribution in [0.25, 0.3) is 0 Å². The molecule has 0 saturated carbocycles. The topological polar surface area (TPSA) is 54.3 Å². The molecule has 2 atom stereocenters. The SMILES string of the molecule is CC.CC.Cc1cc(C)c(OCCCC2OC2C)c(C)c1/C=N/O. The summed E-state index contributed by atoms with van der Waals surface area (Å²) in [6.45, 7) is 16.8. The van der Waals surface area contributed by atoms with E-state index in [0.29, 0.717) is 18.8 Å². The van der Waals surface area contributed by atoms with Crippen molar-refractivity contribution in [1.29, 1.82) is 0 Å². The van der Waals surface area contributed by atoms with E-state index in [-0.39, 0.29) is 0 Å². The highest BCUT2D eigenvalue weighted by atomic mass is 16.6. The maximum atomic E-state index is 8.75.